The molecule has 0 aliphatic heterocycles. The number of aromatic nitrogens is 2. The van der Waals surface area contributed by atoms with Gasteiger partial charge in [0.1, 0.15) is 0 Å². The highest BCUT2D eigenvalue weighted by atomic mass is 32.2. The summed E-state index contributed by atoms with van der Waals surface area (Å²) in [5.74, 6) is 3.33. The van der Waals surface area contributed by atoms with Gasteiger partial charge in [0, 0.05) is 28.8 Å². The largest absolute Gasteiger partial charge is 0.294 e. The topological polar surface area (TPSA) is 17.8 Å². The molecule has 0 atom stereocenters. The lowest BCUT2D eigenvalue weighted by molar-refractivity contribution is 0.950. The van der Waals surface area contributed by atoms with Crippen LogP contribution in [0.15, 0.2) is 72.4 Å². The lowest BCUT2D eigenvalue weighted by atomic mass is 10.0. The van der Waals surface area contributed by atoms with Crippen LogP contribution < -0.4 is 0 Å². The molecule has 0 radical (unpaired) electrons. The maximum absolute atomic E-state index is 4.97. The smallest absolute Gasteiger partial charge is 0.173 e. The number of hydrogen-bond donors (Lipinski definition) is 0. The Balaban J connectivity index is 2.06. The van der Waals surface area contributed by atoms with Crippen LogP contribution in [0.25, 0.3) is 28.7 Å². The van der Waals surface area contributed by atoms with Crippen molar-refractivity contribution in [3.05, 3.63) is 67.2 Å². The van der Waals surface area contributed by atoms with Crippen LogP contribution in [-0.4, -0.2) is 26.8 Å². The van der Waals surface area contributed by atoms with Crippen molar-refractivity contribution >= 4 is 29.7 Å². The lowest BCUT2D eigenvalue weighted by Crippen LogP contribution is -1.94. The number of benzene rings is 2. The summed E-state index contributed by atoms with van der Waals surface area (Å²) < 4.78 is 2.12. The number of hydrogen-bond acceptors (Lipinski definition) is 3. The first-order valence-electron chi connectivity index (χ1n) is 8.41. The van der Waals surface area contributed by atoms with Crippen molar-refractivity contribution in [2.24, 2.45) is 0 Å². The van der Waals surface area contributed by atoms with Gasteiger partial charge in [0.05, 0.1) is 11.4 Å². The summed E-state index contributed by atoms with van der Waals surface area (Å²) in [5, 5.41) is 1.00. The average molecular weight is 367 g/mol. The highest BCUT2D eigenvalue weighted by molar-refractivity contribution is 8.02. The molecule has 2 nitrogen and oxygen atoms in total. The molecule has 0 amide bonds. The van der Waals surface area contributed by atoms with Crippen LogP contribution >= 0.6 is 23.5 Å². The van der Waals surface area contributed by atoms with Crippen molar-refractivity contribution in [3.63, 3.8) is 0 Å². The molecule has 3 aromatic rings. The number of rotatable bonds is 8. The molecule has 0 saturated carbocycles. The molecule has 128 valence electrons. The summed E-state index contributed by atoms with van der Waals surface area (Å²) in [7, 11) is 0. The molecule has 1 heterocycles. The van der Waals surface area contributed by atoms with Gasteiger partial charge in [-0.3, -0.25) is 4.57 Å². The Bertz CT molecular complexity index is 811. The van der Waals surface area contributed by atoms with E-state index in [1.807, 2.05) is 30.1 Å². The Labute approximate surface area is 158 Å². The molecule has 0 fully saturated rings. The van der Waals surface area contributed by atoms with Crippen LogP contribution in [0.5, 0.6) is 0 Å². The summed E-state index contributed by atoms with van der Waals surface area (Å²) in [5.41, 5.74) is 4.40. The van der Waals surface area contributed by atoms with Gasteiger partial charge in [-0.2, -0.15) is 11.8 Å². The van der Waals surface area contributed by atoms with Crippen molar-refractivity contribution in [2.75, 3.05) is 17.3 Å². The number of imidazole rings is 1. The molecule has 0 unspecified atom stereocenters. The van der Waals surface area contributed by atoms with Crippen molar-refractivity contribution in [2.45, 2.75) is 12.1 Å². The molecule has 25 heavy (non-hydrogen) atoms. The fourth-order valence-corrected chi connectivity index (χ4v) is 4.43. The summed E-state index contributed by atoms with van der Waals surface area (Å²) in [6.45, 7) is 6.23. The first-order chi connectivity index (χ1) is 12.3. The second-order valence-electron chi connectivity index (χ2n) is 5.42. The first kappa shape index (κ1) is 17.9. The zero-order valence-electron chi connectivity index (χ0n) is 14.4. The monoisotopic (exact) mass is 366 g/mol. The van der Waals surface area contributed by atoms with E-state index in [0.29, 0.717) is 0 Å². The minimum atomic E-state index is 1.00. The van der Waals surface area contributed by atoms with Crippen molar-refractivity contribution in [3.8, 4) is 22.5 Å². The molecular formula is C21H22N2S2. The normalized spacial score (nSPS) is 10.8. The number of thioether (sulfide) groups is 2. The molecule has 0 saturated heterocycles. The van der Waals surface area contributed by atoms with Crippen LogP contribution in [0.2, 0.25) is 0 Å². The van der Waals surface area contributed by atoms with Crippen molar-refractivity contribution in [1.82, 2.24) is 9.55 Å². The van der Waals surface area contributed by atoms with Gasteiger partial charge < -0.3 is 0 Å². The first-order valence-corrected chi connectivity index (χ1v) is 10.5. The van der Waals surface area contributed by atoms with E-state index in [9.17, 15) is 0 Å². The second-order valence-corrected chi connectivity index (χ2v) is 7.88. The van der Waals surface area contributed by atoms with E-state index in [2.05, 4.69) is 66.6 Å². The van der Waals surface area contributed by atoms with Crippen molar-refractivity contribution in [1.29, 1.82) is 0 Å². The fraction of sp³-hybridized carbons (Fsp3) is 0.190. The fourth-order valence-electron chi connectivity index (χ4n) is 2.69. The maximum Gasteiger partial charge on any atom is 0.173 e. The molecule has 2 aromatic carbocycles. The van der Waals surface area contributed by atoms with Gasteiger partial charge in [-0.1, -0.05) is 85.9 Å². The van der Waals surface area contributed by atoms with Crippen LogP contribution in [-0.2, 0) is 0 Å². The van der Waals surface area contributed by atoms with E-state index >= 15 is 0 Å². The molecule has 0 aliphatic carbocycles. The van der Waals surface area contributed by atoms with Gasteiger partial charge in [-0.25, -0.2) is 4.98 Å². The van der Waals surface area contributed by atoms with Gasteiger partial charge in [0.2, 0.25) is 0 Å². The van der Waals surface area contributed by atoms with Gasteiger partial charge in [-0.15, -0.1) is 0 Å². The quantitative estimate of drug-likeness (QED) is 0.351. The Kier molecular flexibility index (Phi) is 6.42. The number of nitrogens with zero attached hydrogens (tertiary/aromatic N) is 2. The summed E-state index contributed by atoms with van der Waals surface area (Å²) in [6.07, 6.45) is 1.87. The standard InChI is InChI=1S/C21H22N2S2/c1-3-23-20(18-13-9-6-10-14-18)19(17-11-7-5-8-12-17)22-21(23)25-16-15-24-4-2/h3,5-14H,1,4,15-16H2,2H3. The minimum Gasteiger partial charge on any atom is -0.294 e. The predicted molar refractivity (Wildman–Crippen MR) is 113 cm³/mol. The Morgan fingerprint density at radius 3 is 2.20 bits per heavy atom. The molecule has 3 rings (SSSR count). The van der Waals surface area contributed by atoms with Crippen LogP contribution in [0, 0.1) is 0 Å². The lowest BCUT2D eigenvalue weighted by Gasteiger charge is -2.08. The van der Waals surface area contributed by atoms with Gasteiger partial charge in [0.25, 0.3) is 0 Å². The zero-order chi connectivity index (χ0) is 17.5. The molecule has 4 heteroatoms. The molecule has 1 aromatic heterocycles. The Morgan fingerprint density at radius 1 is 0.960 bits per heavy atom. The second kappa shape index (κ2) is 8.97. The third-order valence-electron chi connectivity index (χ3n) is 3.82. The van der Waals surface area contributed by atoms with E-state index in [0.717, 1.165) is 44.9 Å². The Morgan fingerprint density at radius 2 is 1.60 bits per heavy atom. The molecule has 0 bridgehead atoms. The summed E-state index contributed by atoms with van der Waals surface area (Å²) in [4.78, 5) is 4.97. The van der Waals surface area contributed by atoms with Crippen LogP contribution in [0.3, 0.4) is 0 Å². The van der Waals surface area contributed by atoms with Gasteiger partial charge in [-0.05, 0) is 5.75 Å². The summed E-state index contributed by atoms with van der Waals surface area (Å²) in [6, 6.07) is 20.8. The average Bonchev–Trinajstić information content (AvgIpc) is 3.05. The highest BCUT2D eigenvalue weighted by Crippen LogP contribution is 2.36. The highest BCUT2D eigenvalue weighted by Gasteiger charge is 2.18. The van der Waals surface area contributed by atoms with Crippen LogP contribution in [0.1, 0.15) is 6.92 Å². The molecule has 0 spiro atoms. The zero-order valence-corrected chi connectivity index (χ0v) is 16.0. The molecule has 0 aliphatic rings. The predicted octanol–water partition coefficient (Wildman–Crippen LogP) is 6.16. The molecular weight excluding hydrogens is 344 g/mol. The van der Waals surface area contributed by atoms with Gasteiger partial charge >= 0.3 is 0 Å². The third kappa shape index (κ3) is 4.20. The van der Waals surface area contributed by atoms with E-state index < -0.39 is 0 Å². The maximum atomic E-state index is 4.97. The van der Waals surface area contributed by atoms with E-state index in [1.165, 1.54) is 0 Å². The third-order valence-corrected chi connectivity index (χ3v) is 5.93. The minimum absolute atomic E-state index is 1.00. The van der Waals surface area contributed by atoms with Crippen LogP contribution in [0.4, 0.5) is 0 Å². The van der Waals surface area contributed by atoms with E-state index in [-0.39, 0.29) is 0 Å². The Hall–Kier alpha value is -1.91. The summed E-state index contributed by atoms with van der Waals surface area (Å²) >= 11 is 3.76. The SMILES string of the molecule is C=Cn1c(SCCSCC)nc(-c2ccccc2)c1-c1ccccc1. The van der Waals surface area contributed by atoms with E-state index in [4.69, 9.17) is 4.98 Å². The molecule has 0 N–H and O–H groups in total. The van der Waals surface area contributed by atoms with Gasteiger partial charge in [0.15, 0.2) is 5.16 Å². The van der Waals surface area contributed by atoms with E-state index in [1.54, 1.807) is 11.8 Å². The van der Waals surface area contributed by atoms with Crippen molar-refractivity contribution < 1.29 is 0 Å².